The van der Waals surface area contributed by atoms with Gasteiger partial charge in [0.1, 0.15) is 67.0 Å². The van der Waals surface area contributed by atoms with Crippen molar-refractivity contribution in [2.45, 2.75) is 184 Å². The van der Waals surface area contributed by atoms with Crippen molar-refractivity contribution in [1.29, 1.82) is 5.41 Å². The third kappa shape index (κ3) is 30.4. The average molecular weight is 1460 g/mol. The summed E-state index contributed by atoms with van der Waals surface area (Å²) in [5.74, 6) is -18.4. The number of rotatable bonds is 45. The zero-order valence-corrected chi connectivity index (χ0v) is 58.0. The maximum Gasteiger partial charge on any atom is 0.322 e. The van der Waals surface area contributed by atoms with Gasteiger partial charge in [0.15, 0.2) is 5.96 Å². The van der Waals surface area contributed by atoms with Gasteiger partial charge in [-0.2, -0.15) is 0 Å². The van der Waals surface area contributed by atoms with Crippen LogP contribution in [0.3, 0.4) is 0 Å². The molecule has 3 saturated heterocycles. The minimum atomic E-state index is -1.85. The quantitative estimate of drug-likeness (QED) is 0.0153. The van der Waals surface area contributed by atoms with Crippen molar-refractivity contribution in [3.8, 4) is 0 Å². The molecule has 3 fully saturated rings. The monoisotopic (exact) mass is 1460 g/mol. The lowest BCUT2D eigenvalue weighted by atomic mass is 10.0. The highest BCUT2D eigenvalue weighted by atomic mass is 16.4. The molecule has 3 aliphatic heterocycles. The van der Waals surface area contributed by atoms with Crippen molar-refractivity contribution in [2.24, 2.45) is 28.9 Å². The lowest BCUT2D eigenvalue weighted by Crippen LogP contribution is -2.58. The molecule has 0 bridgehead atoms. The molecule has 42 nitrogen and oxygen atoms in total. The van der Waals surface area contributed by atoms with Gasteiger partial charge in [0.05, 0.1) is 45.6 Å². The molecular weight excluding hydrogens is 1360 g/mol. The van der Waals surface area contributed by atoms with Gasteiger partial charge in [0.25, 0.3) is 0 Å². The van der Waals surface area contributed by atoms with E-state index in [2.05, 4.69) is 69.1 Å². The van der Waals surface area contributed by atoms with Crippen molar-refractivity contribution in [1.82, 2.24) is 83.8 Å². The molecule has 0 aromatic rings. The molecule has 0 aromatic carbocycles. The number of carboxylic acids is 3. The highest BCUT2D eigenvalue weighted by molar-refractivity contribution is 6.00. The zero-order chi connectivity index (χ0) is 77.0. The standard InChI is InChI=1S/C61H101N21O21/c1-32(2)50(79-44(85)28-69-52(95)34(12-4-6-18-62)76-58(101)40-16-9-21-80(40)45(86)30-71-54(97)37(24-47(88)89)78-55(98)36(13-5-7-19-63)74-42(83)26-64)59(102)77-35(14-8-20-67-61(65)66)53(96)68-27-43(84)75-38(25-48(90)91)56(99)73-33(3)51(94)70-29-46(87)81-22-11-17-41(81)60(103)82-23-10-15-39(82)57(100)72-31-49(92)93/h32-41,50H,4-31,62-64H2,1-3H3,(H,68,96)(H,69,95)(H,70,94)(H,71,97)(H,72,100)(H,73,99)(H,74,83)(H,75,84)(H,76,101)(H,77,102)(H,78,98)(H,79,85)(H,88,89)(H,90,91)(H,92,93)(H4,65,66,67)/t33-,34-,35-,36-,37-,38-,39-,40-,41-,50-/m0/s1. The van der Waals surface area contributed by atoms with Crippen LogP contribution in [0, 0.1) is 11.3 Å². The summed E-state index contributed by atoms with van der Waals surface area (Å²) in [6.07, 6.45) is 1.45. The summed E-state index contributed by atoms with van der Waals surface area (Å²) in [6.45, 7) is 0.958. The first-order chi connectivity index (χ1) is 48.7. The third-order valence-corrected chi connectivity index (χ3v) is 16.7. The van der Waals surface area contributed by atoms with Crippen molar-refractivity contribution < 1.29 is 102 Å². The summed E-state index contributed by atoms with van der Waals surface area (Å²) in [6, 6.07) is -13.5. The van der Waals surface area contributed by atoms with Crippen LogP contribution in [0.5, 0.6) is 0 Å². The molecule has 0 spiro atoms. The number of nitrogens with two attached hydrogens (primary N) is 4. The van der Waals surface area contributed by atoms with Gasteiger partial charge in [-0.1, -0.05) is 13.8 Å². The molecule has 3 rings (SSSR count). The first-order valence-electron chi connectivity index (χ1n) is 33.9. The fraction of sp³-hybridized carbons (Fsp3) is 0.689. The van der Waals surface area contributed by atoms with Crippen LogP contribution < -0.4 is 92.1 Å². The van der Waals surface area contributed by atoms with E-state index in [1.54, 1.807) is 13.8 Å². The second-order valence-corrected chi connectivity index (χ2v) is 25.1. The molecule has 3 aliphatic rings. The Bertz CT molecular complexity index is 3070. The molecule has 0 radical (unpaired) electrons. The highest BCUT2D eigenvalue weighted by Crippen LogP contribution is 2.25. The maximum absolute atomic E-state index is 14.0. The molecule has 42 heteroatoms. The van der Waals surface area contributed by atoms with E-state index in [0.29, 0.717) is 44.9 Å². The number of unbranched alkanes of at least 4 members (excludes halogenated alkanes) is 2. The SMILES string of the molecule is CC(C)[C@H](NC(=O)CNC(=O)[C@H](CCCCN)NC(=O)[C@@H]1CCCN1C(=O)CNC(=O)[C@H](CC(=O)O)NC(=O)[C@H](CCCCN)NC(=O)CN)C(=O)N[C@@H](CCCNC(=N)N)C(=O)NCC(=O)N[C@@H](CC(=O)O)C(=O)N[C@@H](C)C(=O)NCC(=O)N1CCC[C@H]1C(=O)N1CCC[C@H]1C(=O)NCC(=O)O. The number of aliphatic carboxylic acids is 3. The number of nitrogens with one attached hydrogen (secondary N) is 14. The summed E-state index contributed by atoms with van der Waals surface area (Å²) in [5.41, 5.74) is 22.0. The lowest BCUT2D eigenvalue weighted by molar-refractivity contribution is -0.147. The number of carbonyl (C=O) groups is 18. The minimum absolute atomic E-state index is 0.00389. The number of guanidine groups is 1. The van der Waals surface area contributed by atoms with Crippen LogP contribution >= 0.6 is 0 Å². The van der Waals surface area contributed by atoms with E-state index in [1.807, 2.05) is 0 Å². The van der Waals surface area contributed by atoms with Gasteiger partial charge in [-0.3, -0.25) is 91.7 Å². The van der Waals surface area contributed by atoms with Crippen LogP contribution in [0.2, 0.25) is 0 Å². The molecule has 10 atom stereocenters. The largest absolute Gasteiger partial charge is 0.481 e. The van der Waals surface area contributed by atoms with Crippen molar-refractivity contribution in [3.63, 3.8) is 0 Å². The van der Waals surface area contributed by atoms with Crippen LogP contribution in [0.1, 0.15) is 124 Å². The van der Waals surface area contributed by atoms with Gasteiger partial charge in [-0.15, -0.1) is 0 Å². The van der Waals surface area contributed by atoms with Crippen molar-refractivity contribution in [3.05, 3.63) is 0 Å². The van der Waals surface area contributed by atoms with Gasteiger partial charge in [0, 0.05) is 26.2 Å². The smallest absolute Gasteiger partial charge is 0.322 e. The molecule has 576 valence electrons. The molecular formula is C61H101N21O21. The molecule has 25 N–H and O–H groups in total. The predicted octanol–water partition coefficient (Wildman–Crippen LogP) is -9.88. The van der Waals surface area contributed by atoms with Crippen molar-refractivity contribution in [2.75, 3.05) is 78.5 Å². The molecule has 0 aliphatic carbocycles. The number of hydrogen-bond acceptors (Lipinski definition) is 22. The zero-order valence-electron chi connectivity index (χ0n) is 58.0. The Balaban J connectivity index is 1.62. The molecule has 0 aromatic heterocycles. The minimum Gasteiger partial charge on any atom is -0.481 e. The van der Waals surface area contributed by atoms with Crippen LogP contribution in [-0.4, -0.2) is 281 Å². The summed E-state index contributed by atoms with van der Waals surface area (Å²) in [4.78, 5) is 239. The average Bonchev–Trinajstić information content (AvgIpc) is 1.68. The van der Waals surface area contributed by atoms with E-state index in [1.165, 1.54) is 16.7 Å². The van der Waals surface area contributed by atoms with E-state index >= 15 is 0 Å². The molecule has 103 heavy (non-hydrogen) atoms. The molecule has 0 saturated carbocycles. The fourth-order valence-electron chi connectivity index (χ4n) is 11.3. The summed E-state index contributed by atoms with van der Waals surface area (Å²) >= 11 is 0. The topological polar surface area (TPSA) is 662 Å². The van der Waals surface area contributed by atoms with Gasteiger partial charge in [0.2, 0.25) is 88.6 Å². The lowest BCUT2D eigenvalue weighted by Gasteiger charge is -2.31. The van der Waals surface area contributed by atoms with Gasteiger partial charge >= 0.3 is 17.9 Å². The summed E-state index contributed by atoms with van der Waals surface area (Å²) in [7, 11) is 0. The Labute approximate surface area is 592 Å². The van der Waals surface area contributed by atoms with E-state index in [4.69, 9.17) is 33.5 Å². The number of amides is 15. The molecule has 15 amide bonds. The van der Waals surface area contributed by atoms with Crippen LogP contribution in [0.25, 0.3) is 0 Å². The summed E-state index contributed by atoms with van der Waals surface area (Å²) in [5, 5.41) is 66.5. The first-order valence-corrected chi connectivity index (χ1v) is 33.9. The maximum atomic E-state index is 14.0. The second-order valence-electron chi connectivity index (χ2n) is 25.1. The normalized spacial score (nSPS) is 17.4. The van der Waals surface area contributed by atoms with Gasteiger partial charge in [-0.25, -0.2) is 0 Å². The van der Waals surface area contributed by atoms with E-state index < -0.39 is 231 Å². The second kappa shape index (κ2) is 44.8. The number of likely N-dealkylation sites (tertiary alicyclic amines) is 3. The number of carbonyl (C=O) groups excluding carboxylic acids is 15. The van der Waals surface area contributed by atoms with Gasteiger partial charge < -0.3 is 122 Å². The predicted molar refractivity (Wildman–Crippen MR) is 359 cm³/mol. The van der Waals surface area contributed by atoms with E-state index in [0.717, 1.165) is 4.90 Å². The van der Waals surface area contributed by atoms with Crippen LogP contribution in [-0.2, 0) is 86.3 Å². The van der Waals surface area contributed by atoms with Crippen LogP contribution in [0.15, 0.2) is 0 Å². The molecule has 3 heterocycles. The fourth-order valence-corrected chi connectivity index (χ4v) is 11.3. The summed E-state index contributed by atoms with van der Waals surface area (Å²) < 4.78 is 0. The Morgan fingerprint density at radius 1 is 0.417 bits per heavy atom. The van der Waals surface area contributed by atoms with E-state index in [9.17, 15) is 96.5 Å². The third-order valence-electron chi connectivity index (χ3n) is 16.7. The Morgan fingerprint density at radius 2 is 0.845 bits per heavy atom. The number of nitrogens with zero attached hydrogens (tertiary/aromatic N) is 3. The Morgan fingerprint density at radius 3 is 1.36 bits per heavy atom. The van der Waals surface area contributed by atoms with Crippen molar-refractivity contribution >= 4 is 112 Å². The highest BCUT2D eigenvalue weighted by Gasteiger charge is 2.43. The number of carboxylic acid groups (broad SMARTS) is 3. The Kier molecular flexibility index (Phi) is 37.7. The Hall–Kier alpha value is -10.4. The van der Waals surface area contributed by atoms with E-state index in [-0.39, 0.29) is 84.2 Å². The number of hydrogen-bond donors (Lipinski definition) is 21. The first kappa shape index (κ1) is 86.8. The molecule has 0 unspecified atom stereocenters. The van der Waals surface area contributed by atoms with Gasteiger partial charge in [-0.05, 0) is 116 Å². The van der Waals surface area contributed by atoms with Crippen LogP contribution in [0.4, 0.5) is 0 Å².